The van der Waals surface area contributed by atoms with Crippen LogP contribution in [0.2, 0.25) is 0 Å². The molecule has 1 spiro atoms. The number of halogens is 3. The predicted molar refractivity (Wildman–Crippen MR) is 145 cm³/mol. The molecule has 0 radical (unpaired) electrons. The summed E-state index contributed by atoms with van der Waals surface area (Å²) in [4.78, 5) is 4.14. The molecule has 6 nitrogen and oxygen atoms in total. The molecular weight excluding hydrogens is 533 g/mol. The van der Waals surface area contributed by atoms with E-state index in [1.165, 1.54) is 5.57 Å². The standard InChI is InChI=1S/C32H37F3N2O4/c1-28-18-24(21-2-4-22(5-3-21)37-15-14-36-20-37)27-23(25(28)7-10-30(28,39)12-13-32(33,34)35)6-9-29(38)19-31(11-8-26(27)29)40-16-17-41-31/h2-5,12-15,20,23-25,38-39H,6-11,16-19H2,1H3/t23?,24-,25?,28+,29-,30-/m1/s1. The SMILES string of the molecule is C[C@]12C[C@H](c3ccc(-n4ccnc4)cc3)C3=C4CCC5(C[C@]4(O)CCC3C1CC[C@@]2(O)C=CC(F)(F)F)OCCO5. The van der Waals surface area contributed by atoms with E-state index in [2.05, 4.69) is 17.1 Å². The van der Waals surface area contributed by atoms with Crippen molar-refractivity contribution < 1.29 is 32.9 Å². The zero-order valence-electron chi connectivity index (χ0n) is 23.2. The number of hydrogen-bond donors (Lipinski definition) is 2. The molecule has 3 saturated carbocycles. The second-order valence-electron chi connectivity index (χ2n) is 13.1. The molecule has 7 rings (SSSR count). The predicted octanol–water partition coefficient (Wildman–Crippen LogP) is 5.99. The summed E-state index contributed by atoms with van der Waals surface area (Å²) in [6, 6.07) is 8.21. The number of alkyl halides is 3. The van der Waals surface area contributed by atoms with Gasteiger partial charge in [-0.25, -0.2) is 4.98 Å². The average molecular weight is 571 g/mol. The van der Waals surface area contributed by atoms with E-state index in [1.54, 1.807) is 12.5 Å². The Balaban J connectivity index is 1.33. The number of ether oxygens (including phenoxy) is 2. The molecule has 0 bridgehead atoms. The smallest absolute Gasteiger partial charge is 0.385 e. The van der Waals surface area contributed by atoms with Crippen LogP contribution in [-0.4, -0.2) is 56.1 Å². The highest BCUT2D eigenvalue weighted by molar-refractivity contribution is 5.46. The summed E-state index contributed by atoms with van der Waals surface area (Å²) >= 11 is 0. The Morgan fingerprint density at radius 1 is 1.05 bits per heavy atom. The summed E-state index contributed by atoms with van der Waals surface area (Å²) in [7, 11) is 0. The molecule has 1 aliphatic heterocycles. The monoisotopic (exact) mass is 570 g/mol. The molecule has 6 atom stereocenters. The molecule has 1 aromatic carbocycles. The Bertz CT molecular complexity index is 1360. The second kappa shape index (κ2) is 9.27. The fourth-order valence-electron chi connectivity index (χ4n) is 9.15. The summed E-state index contributed by atoms with van der Waals surface area (Å²) in [6.07, 6.45) is 6.53. The lowest BCUT2D eigenvalue weighted by molar-refractivity contribution is -0.208. The largest absolute Gasteiger partial charge is 0.409 e. The van der Waals surface area contributed by atoms with Crippen molar-refractivity contribution in [2.45, 2.75) is 87.4 Å². The molecule has 2 N–H and O–H groups in total. The number of rotatable bonds is 3. The number of benzene rings is 1. The molecule has 5 aliphatic rings. The third kappa shape index (κ3) is 4.34. The lowest BCUT2D eigenvalue weighted by Gasteiger charge is -2.57. The number of aromatic nitrogens is 2. The van der Waals surface area contributed by atoms with Crippen molar-refractivity contribution in [3.63, 3.8) is 0 Å². The van der Waals surface area contributed by atoms with Crippen molar-refractivity contribution in [3.8, 4) is 5.69 Å². The lowest BCUT2D eigenvalue weighted by Crippen LogP contribution is -2.55. The summed E-state index contributed by atoms with van der Waals surface area (Å²) in [6.45, 7) is 3.04. The van der Waals surface area contributed by atoms with Crippen LogP contribution in [0.5, 0.6) is 0 Å². The topological polar surface area (TPSA) is 76.7 Å². The van der Waals surface area contributed by atoms with E-state index >= 15 is 0 Å². The van der Waals surface area contributed by atoms with E-state index < -0.39 is 28.6 Å². The van der Waals surface area contributed by atoms with Gasteiger partial charge in [0.15, 0.2) is 5.79 Å². The summed E-state index contributed by atoms with van der Waals surface area (Å²) in [5.74, 6) is -0.778. The maximum Gasteiger partial charge on any atom is 0.409 e. The van der Waals surface area contributed by atoms with Gasteiger partial charge in [0.2, 0.25) is 0 Å². The molecule has 4 aliphatic carbocycles. The van der Waals surface area contributed by atoms with Gasteiger partial charge >= 0.3 is 6.18 Å². The van der Waals surface area contributed by atoms with Crippen LogP contribution >= 0.6 is 0 Å². The molecule has 9 heteroatoms. The van der Waals surface area contributed by atoms with Crippen LogP contribution in [0.3, 0.4) is 0 Å². The van der Waals surface area contributed by atoms with E-state index in [1.807, 2.05) is 29.8 Å². The third-order valence-electron chi connectivity index (χ3n) is 11.1. The Kier molecular flexibility index (Phi) is 6.19. The van der Waals surface area contributed by atoms with Crippen molar-refractivity contribution in [2.75, 3.05) is 13.2 Å². The van der Waals surface area contributed by atoms with Gasteiger partial charge in [0.05, 0.1) is 30.7 Å². The average Bonchev–Trinajstić information content (AvgIpc) is 3.68. The minimum Gasteiger partial charge on any atom is -0.385 e. The van der Waals surface area contributed by atoms with Crippen molar-refractivity contribution in [2.24, 2.45) is 17.3 Å². The van der Waals surface area contributed by atoms with Crippen molar-refractivity contribution in [1.29, 1.82) is 0 Å². The van der Waals surface area contributed by atoms with Crippen LogP contribution in [0.25, 0.3) is 5.69 Å². The molecule has 1 saturated heterocycles. The van der Waals surface area contributed by atoms with Crippen molar-refractivity contribution in [1.82, 2.24) is 9.55 Å². The van der Waals surface area contributed by atoms with E-state index in [4.69, 9.17) is 9.47 Å². The maximum atomic E-state index is 13.3. The molecule has 1 aromatic heterocycles. The van der Waals surface area contributed by atoms with Crippen LogP contribution in [0.15, 0.2) is 66.3 Å². The fourth-order valence-corrected chi connectivity index (χ4v) is 9.15. The molecule has 220 valence electrons. The molecule has 2 aromatic rings. The minimum absolute atomic E-state index is 0.0220. The number of nitrogens with zero attached hydrogens (tertiary/aromatic N) is 2. The van der Waals surface area contributed by atoms with Gasteiger partial charge in [-0.05, 0) is 79.7 Å². The van der Waals surface area contributed by atoms with Gasteiger partial charge in [0.1, 0.15) is 0 Å². The van der Waals surface area contributed by atoms with Gasteiger partial charge in [-0.1, -0.05) is 24.6 Å². The normalized spacial score (nSPS) is 38.3. The molecule has 2 unspecified atom stereocenters. The Labute approximate surface area is 237 Å². The second-order valence-corrected chi connectivity index (χ2v) is 13.1. The Morgan fingerprint density at radius 3 is 2.49 bits per heavy atom. The van der Waals surface area contributed by atoms with Gasteiger partial charge in [-0.15, -0.1) is 0 Å². The molecule has 0 amide bonds. The van der Waals surface area contributed by atoms with E-state index in [0.717, 1.165) is 22.9 Å². The van der Waals surface area contributed by atoms with Gasteiger partial charge in [-0.3, -0.25) is 0 Å². The highest BCUT2D eigenvalue weighted by Crippen LogP contribution is 2.68. The summed E-state index contributed by atoms with van der Waals surface area (Å²) < 4.78 is 53.8. The van der Waals surface area contributed by atoms with E-state index in [-0.39, 0.29) is 23.8 Å². The zero-order chi connectivity index (χ0) is 28.7. The van der Waals surface area contributed by atoms with Gasteiger partial charge in [-0.2, -0.15) is 13.2 Å². The van der Waals surface area contributed by atoms with Crippen molar-refractivity contribution >= 4 is 0 Å². The highest BCUT2D eigenvalue weighted by atomic mass is 19.4. The van der Waals surface area contributed by atoms with Crippen LogP contribution in [0.4, 0.5) is 13.2 Å². The molecule has 41 heavy (non-hydrogen) atoms. The number of allylic oxidation sites excluding steroid dienone is 2. The highest BCUT2D eigenvalue weighted by Gasteiger charge is 2.64. The van der Waals surface area contributed by atoms with Crippen LogP contribution in [-0.2, 0) is 9.47 Å². The first-order valence-electron chi connectivity index (χ1n) is 14.8. The first-order valence-corrected chi connectivity index (χ1v) is 14.8. The van der Waals surface area contributed by atoms with Crippen molar-refractivity contribution in [3.05, 3.63) is 71.8 Å². The van der Waals surface area contributed by atoms with Crippen LogP contribution in [0, 0.1) is 17.3 Å². The number of aliphatic hydroxyl groups is 2. The fraction of sp³-hybridized carbons (Fsp3) is 0.594. The van der Waals surface area contributed by atoms with Crippen LogP contribution in [0.1, 0.15) is 69.8 Å². The minimum atomic E-state index is -4.49. The van der Waals surface area contributed by atoms with Gasteiger partial charge < -0.3 is 24.3 Å². The number of hydrogen-bond acceptors (Lipinski definition) is 5. The zero-order valence-corrected chi connectivity index (χ0v) is 23.2. The third-order valence-corrected chi connectivity index (χ3v) is 11.1. The lowest BCUT2D eigenvalue weighted by atomic mass is 9.49. The maximum absolute atomic E-state index is 13.3. The van der Waals surface area contributed by atoms with E-state index in [9.17, 15) is 23.4 Å². The molecular formula is C32H37F3N2O4. The Morgan fingerprint density at radius 2 is 1.80 bits per heavy atom. The van der Waals surface area contributed by atoms with Gasteiger partial charge in [0, 0.05) is 48.3 Å². The van der Waals surface area contributed by atoms with E-state index in [0.29, 0.717) is 64.6 Å². The number of imidazole rings is 1. The summed E-state index contributed by atoms with van der Waals surface area (Å²) in [5, 5.41) is 24.0. The molecule has 4 fully saturated rings. The molecule has 2 heterocycles. The number of fused-ring (bicyclic) bond motifs is 4. The Hall–Kier alpha value is -2.46. The quantitative estimate of drug-likeness (QED) is 0.444. The first-order chi connectivity index (χ1) is 19.4. The first kappa shape index (κ1) is 27.4. The summed E-state index contributed by atoms with van der Waals surface area (Å²) in [5.41, 5.74) is 0.949. The van der Waals surface area contributed by atoms with Crippen LogP contribution < -0.4 is 0 Å². The van der Waals surface area contributed by atoms with Gasteiger partial charge in [0.25, 0.3) is 0 Å².